The van der Waals surface area contributed by atoms with Gasteiger partial charge in [0.1, 0.15) is 11.5 Å². The van der Waals surface area contributed by atoms with Crippen LogP contribution in [0.15, 0.2) is 71.5 Å². The van der Waals surface area contributed by atoms with Gasteiger partial charge in [0.15, 0.2) is 0 Å². The largest absolute Gasteiger partial charge is 0.368 e. The highest BCUT2D eigenvalue weighted by molar-refractivity contribution is 5.94. The van der Waals surface area contributed by atoms with Crippen LogP contribution in [0.4, 0.5) is 15.8 Å². The molecule has 0 saturated carbocycles. The van der Waals surface area contributed by atoms with Crippen molar-refractivity contribution in [3.63, 3.8) is 0 Å². The van der Waals surface area contributed by atoms with Crippen LogP contribution >= 0.6 is 0 Å². The number of hydrogen-bond donors (Lipinski definition) is 0. The molecule has 0 aliphatic carbocycles. The Morgan fingerprint density at radius 1 is 0.972 bits per heavy atom. The molecule has 182 valence electrons. The van der Waals surface area contributed by atoms with Crippen molar-refractivity contribution in [3.05, 3.63) is 104 Å². The minimum absolute atomic E-state index is 0.0284. The molecule has 1 aromatic heterocycles. The molecule has 4 aromatic rings. The zero-order valence-corrected chi connectivity index (χ0v) is 19.4. The first-order chi connectivity index (χ1) is 17.3. The van der Waals surface area contributed by atoms with Gasteiger partial charge in [0.2, 0.25) is 0 Å². The summed E-state index contributed by atoms with van der Waals surface area (Å²) in [6.45, 7) is 3.34. The SMILES string of the molecule is Cc1nn(-c2cc(N3CCN(C(=O)c4ccccc4F)CC3)ccc2[N+](=O)[O-])c(=O)c2ccccc12. The lowest BCUT2D eigenvalue weighted by Crippen LogP contribution is -2.49. The molecule has 1 amide bonds. The monoisotopic (exact) mass is 487 g/mol. The zero-order valence-electron chi connectivity index (χ0n) is 19.4. The maximum atomic E-state index is 14.1. The zero-order chi connectivity index (χ0) is 25.4. The van der Waals surface area contributed by atoms with Crippen molar-refractivity contribution in [2.24, 2.45) is 0 Å². The van der Waals surface area contributed by atoms with Gasteiger partial charge in [0, 0.05) is 43.3 Å². The summed E-state index contributed by atoms with van der Waals surface area (Å²) in [5.74, 6) is -0.937. The number of aryl methyl sites for hydroxylation is 1. The van der Waals surface area contributed by atoms with Crippen LogP contribution in [0.2, 0.25) is 0 Å². The Hall–Kier alpha value is -4.60. The Labute approximate surface area is 205 Å². The topological polar surface area (TPSA) is 102 Å². The number of nitro benzene ring substituents is 1. The third-order valence-corrected chi connectivity index (χ3v) is 6.41. The van der Waals surface area contributed by atoms with Gasteiger partial charge in [0.25, 0.3) is 17.2 Å². The summed E-state index contributed by atoms with van der Waals surface area (Å²) in [6, 6.07) is 17.4. The van der Waals surface area contributed by atoms with Crippen LogP contribution < -0.4 is 10.5 Å². The van der Waals surface area contributed by atoms with Gasteiger partial charge in [-0.25, -0.2) is 4.39 Å². The minimum Gasteiger partial charge on any atom is -0.368 e. The highest BCUT2D eigenvalue weighted by Gasteiger charge is 2.26. The van der Waals surface area contributed by atoms with Gasteiger partial charge in [0.05, 0.1) is 21.6 Å². The molecule has 0 unspecified atom stereocenters. The molecule has 5 rings (SSSR count). The van der Waals surface area contributed by atoms with Crippen LogP contribution in [0, 0.1) is 22.9 Å². The summed E-state index contributed by atoms with van der Waals surface area (Å²) < 4.78 is 15.1. The summed E-state index contributed by atoms with van der Waals surface area (Å²) in [5.41, 5.74) is 0.647. The van der Waals surface area contributed by atoms with E-state index in [-0.39, 0.29) is 22.8 Å². The number of halogens is 1. The second kappa shape index (κ2) is 9.21. The maximum Gasteiger partial charge on any atom is 0.295 e. The Balaban J connectivity index is 1.46. The first-order valence-corrected chi connectivity index (χ1v) is 11.4. The van der Waals surface area contributed by atoms with Crippen LogP contribution in [0.3, 0.4) is 0 Å². The van der Waals surface area contributed by atoms with Crippen molar-refractivity contribution >= 4 is 28.1 Å². The number of carbonyl (C=O) groups excluding carboxylic acids is 1. The summed E-state index contributed by atoms with van der Waals surface area (Å²) in [7, 11) is 0. The molecule has 1 fully saturated rings. The van der Waals surface area contributed by atoms with Gasteiger partial charge < -0.3 is 9.80 Å². The number of nitrogens with zero attached hydrogens (tertiary/aromatic N) is 5. The minimum atomic E-state index is -0.562. The summed E-state index contributed by atoms with van der Waals surface area (Å²) in [6.07, 6.45) is 0. The number of fused-ring (bicyclic) bond motifs is 1. The van der Waals surface area contributed by atoms with E-state index in [4.69, 9.17) is 0 Å². The van der Waals surface area contributed by atoms with Crippen molar-refractivity contribution in [1.29, 1.82) is 0 Å². The van der Waals surface area contributed by atoms with Crippen LogP contribution in [0.1, 0.15) is 16.1 Å². The number of carbonyl (C=O) groups is 1. The number of hydrogen-bond acceptors (Lipinski definition) is 6. The van der Waals surface area contributed by atoms with E-state index in [1.807, 2.05) is 4.90 Å². The fourth-order valence-electron chi connectivity index (χ4n) is 4.52. The Morgan fingerprint density at radius 2 is 1.64 bits per heavy atom. The van der Waals surface area contributed by atoms with Gasteiger partial charge in [-0.05, 0) is 37.3 Å². The Kier molecular flexibility index (Phi) is 5.93. The molecule has 0 spiro atoms. The fraction of sp³-hybridized carbons (Fsp3) is 0.192. The van der Waals surface area contributed by atoms with Crippen molar-refractivity contribution in [1.82, 2.24) is 14.7 Å². The molecule has 1 saturated heterocycles. The first-order valence-electron chi connectivity index (χ1n) is 11.4. The van der Waals surface area contributed by atoms with E-state index in [9.17, 15) is 24.1 Å². The van der Waals surface area contributed by atoms with E-state index in [0.717, 1.165) is 4.68 Å². The molecule has 0 atom stereocenters. The van der Waals surface area contributed by atoms with Crippen LogP contribution in [-0.4, -0.2) is 51.7 Å². The molecule has 2 heterocycles. The highest BCUT2D eigenvalue weighted by atomic mass is 19.1. The Morgan fingerprint density at radius 3 is 2.33 bits per heavy atom. The number of rotatable bonds is 4. The summed E-state index contributed by atoms with van der Waals surface area (Å²) in [4.78, 5) is 40.8. The predicted octanol–water partition coefficient (Wildman–Crippen LogP) is 3.70. The van der Waals surface area contributed by atoms with E-state index in [1.54, 1.807) is 54.3 Å². The number of benzene rings is 3. The lowest BCUT2D eigenvalue weighted by Gasteiger charge is -2.36. The van der Waals surface area contributed by atoms with Crippen molar-refractivity contribution in [2.75, 3.05) is 31.1 Å². The van der Waals surface area contributed by atoms with E-state index in [1.165, 1.54) is 24.3 Å². The van der Waals surface area contributed by atoms with E-state index < -0.39 is 16.3 Å². The quantitative estimate of drug-likeness (QED) is 0.321. The fourth-order valence-corrected chi connectivity index (χ4v) is 4.52. The lowest BCUT2D eigenvalue weighted by atomic mass is 10.1. The standard InChI is InChI=1S/C26H22FN5O4/c1-17-19-6-2-3-7-20(19)26(34)31(28-17)24-16-18(10-11-23(24)32(35)36)29-12-14-30(15-13-29)25(33)21-8-4-5-9-22(21)27/h2-11,16H,12-15H2,1H3. The third-order valence-electron chi connectivity index (χ3n) is 6.41. The number of aromatic nitrogens is 2. The van der Waals surface area contributed by atoms with Crippen LogP contribution in [0.5, 0.6) is 0 Å². The van der Waals surface area contributed by atoms with Crippen LogP contribution in [-0.2, 0) is 0 Å². The second-order valence-corrected chi connectivity index (χ2v) is 8.54. The van der Waals surface area contributed by atoms with E-state index >= 15 is 0 Å². The maximum absolute atomic E-state index is 14.1. The summed E-state index contributed by atoms with van der Waals surface area (Å²) >= 11 is 0. The molecule has 1 aliphatic rings. The number of nitro groups is 1. The molecule has 9 nitrogen and oxygen atoms in total. The predicted molar refractivity (Wildman–Crippen MR) is 133 cm³/mol. The van der Waals surface area contributed by atoms with E-state index in [0.29, 0.717) is 48.3 Å². The van der Waals surface area contributed by atoms with Gasteiger partial charge in [-0.2, -0.15) is 9.78 Å². The average Bonchev–Trinajstić information content (AvgIpc) is 2.90. The second-order valence-electron chi connectivity index (χ2n) is 8.54. The molecule has 10 heteroatoms. The molecule has 0 N–H and O–H groups in total. The third kappa shape index (κ3) is 4.06. The van der Waals surface area contributed by atoms with Gasteiger partial charge in [-0.15, -0.1) is 0 Å². The number of anilines is 1. The lowest BCUT2D eigenvalue weighted by molar-refractivity contribution is -0.384. The summed E-state index contributed by atoms with van der Waals surface area (Å²) in [5, 5.41) is 17.3. The van der Waals surface area contributed by atoms with E-state index in [2.05, 4.69) is 5.10 Å². The van der Waals surface area contributed by atoms with Crippen molar-refractivity contribution in [2.45, 2.75) is 6.92 Å². The Bertz CT molecular complexity index is 1560. The van der Waals surface area contributed by atoms with Crippen molar-refractivity contribution < 1.29 is 14.1 Å². The highest BCUT2D eigenvalue weighted by Crippen LogP contribution is 2.29. The van der Waals surface area contributed by atoms with Gasteiger partial charge >= 0.3 is 0 Å². The molecular formula is C26H22FN5O4. The number of amides is 1. The smallest absolute Gasteiger partial charge is 0.295 e. The molecule has 0 radical (unpaired) electrons. The number of piperazine rings is 1. The van der Waals surface area contributed by atoms with Gasteiger partial charge in [-0.3, -0.25) is 19.7 Å². The average molecular weight is 487 g/mol. The van der Waals surface area contributed by atoms with Crippen molar-refractivity contribution in [3.8, 4) is 5.69 Å². The normalized spacial score (nSPS) is 13.7. The van der Waals surface area contributed by atoms with Gasteiger partial charge in [-0.1, -0.05) is 30.3 Å². The molecule has 3 aromatic carbocycles. The molecule has 1 aliphatic heterocycles. The van der Waals surface area contributed by atoms with Crippen LogP contribution in [0.25, 0.3) is 16.5 Å². The molecule has 0 bridgehead atoms. The molecule has 36 heavy (non-hydrogen) atoms. The first kappa shape index (κ1) is 23.2. The molecular weight excluding hydrogens is 465 g/mol.